The Morgan fingerprint density at radius 2 is 2.09 bits per heavy atom. The van der Waals surface area contributed by atoms with Crippen LogP contribution in [-0.4, -0.2) is 44.8 Å². The molecule has 1 atom stereocenters. The molecule has 0 amide bonds. The Kier molecular flexibility index (Phi) is 4.15. The highest BCUT2D eigenvalue weighted by Crippen LogP contribution is 2.17. The third-order valence-electron chi connectivity index (χ3n) is 1.00. The molecule has 0 aromatic rings. The van der Waals surface area contributed by atoms with Crippen molar-refractivity contribution in [1.82, 2.24) is 0 Å². The van der Waals surface area contributed by atoms with Crippen molar-refractivity contribution in [1.29, 1.82) is 0 Å². The molecule has 0 saturated heterocycles. The van der Waals surface area contributed by atoms with Crippen LogP contribution in [0.25, 0.3) is 0 Å². The van der Waals surface area contributed by atoms with Gasteiger partial charge < -0.3 is 5.11 Å². The SMILES string of the molecule is [B]C([B])([B])SCC(C)C(=O)O. The van der Waals surface area contributed by atoms with Crippen LogP contribution >= 0.6 is 11.8 Å². The number of carboxylic acids is 1. The highest BCUT2D eigenvalue weighted by molar-refractivity contribution is 8.04. The number of thioether (sulfide) groups is 1. The van der Waals surface area contributed by atoms with Crippen LogP contribution in [0, 0.1) is 5.92 Å². The number of hydrogen-bond donors (Lipinski definition) is 1. The van der Waals surface area contributed by atoms with E-state index in [1.165, 1.54) is 0 Å². The van der Waals surface area contributed by atoms with E-state index >= 15 is 0 Å². The maximum atomic E-state index is 10.3. The first kappa shape index (κ1) is 11.0. The van der Waals surface area contributed by atoms with Gasteiger partial charge in [0, 0.05) is 5.75 Å². The van der Waals surface area contributed by atoms with Crippen LogP contribution in [-0.2, 0) is 4.79 Å². The molecule has 6 heteroatoms. The molecule has 0 spiro atoms. The molecule has 54 valence electrons. The van der Waals surface area contributed by atoms with Crippen molar-refractivity contribution in [2.24, 2.45) is 5.92 Å². The summed E-state index contributed by atoms with van der Waals surface area (Å²) < 4.78 is -1.33. The Hall–Kier alpha value is 0.0148. The number of hydrogen-bond acceptors (Lipinski definition) is 2. The summed E-state index contributed by atoms with van der Waals surface area (Å²) in [6.07, 6.45) is 0. The zero-order valence-corrected chi connectivity index (χ0v) is 7.10. The van der Waals surface area contributed by atoms with Gasteiger partial charge in [-0.2, -0.15) is 11.8 Å². The van der Waals surface area contributed by atoms with Crippen molar-refractivity contribution in [3.05, 3.63) is 0 Å². The van der Waals surface area contributed by atoms with Crippen LogP contribution in [0.15, 0.2) is 0 Å². The van der Waals surface area contributed by atoms with Crippen molar-refractivity contribution in [3.8, 4) is 0 Å². The van der Waals surface area contributed by atoms with E-state index in [0.29, 0.717) is 5.75 Å². The second-order valence-corrected chi connectivity index (χ2v) is 3.73. The lowest BCUT2D eigenvalue weighted by molar-refractivity contribution is -0.140. The van der Waals surface area contributed by atoms with Crippen molar-refractivity contribution in [2.45, 2.75) is 11.4 Å². The third-order valence-corrected chi connectivity index (χ3v) is 2.17. The fourth-order valence-electron chi connectivity index (χ4n) is 0.341. The Balaban J connectivity index is 3.63. The topological polar surface area (TPSA) is 37.3 Å². The van der Waals surface area contributed by atoms with E-state index in [4.69, 9.17) is 28.6 Å². The second kappa shape index (κ2) is 4.14. The molecule has 6 radical (unpaired) electrons. The summed E-state index contributed by atoms with van der Waals surface area (Å²) in [5.74, 6) is -1.03. The first-order valence-electron chi connectivity index (χ1n) is 3.06. The second-order valence-electron chi connectivity index (χ2n) is 2.40. The van der Waals surface area contributed by atoms with Gasteiger partial charge in [0.2, 0.25) is 0 Å². The smallest absolute Gasteiger partial charge is 0.307 e. The van der Waals surface area contributed by atoms with Crippen molar-refractivity contribution in [3.63, 3.8) is 0 Å². The molecule has 11 heavy (non-hydrogen) atoms. The summed E-state index contributed by atoms with van der Waals surface area (Å²) >= 11 is 1.02. The third kappa shape index (κ3) is 6.41. The monoisotopic (exact) mass is 164 g/mol. The van der Waals surface area contributed by atoms with Gasteiger partial charge in [0.1, 0.15) is 0 Å². The molecule has 0 heterocycles. The minimum Gasteiger partial charge on any atom is -0.481 e. The minimum atomic E-state index is -1.33. The molecule has 0 rings (SSSR count). The maximum absolute atomic E-state index is 10.3. The molecule has 0 aliphatic carbocycles. The number of rotatable bonds is 4. The van der Waals surface area contributed by atoms with Gasteiger partial charge in [-0.05, 0) is 0 Å². The van der Waals surface area contributed by atoms with Gasteiger partial charge in [-0.1, -0.05) is 11.4 Å². The van der Waals surface area contributed by atoms with E-state index in [-0.39, 0.29) is 0 Å². The predicted molar refractivity (Wildman–Crippen MR) is 49.3 cm³/mol. The standard InChI is InChI=1S/C5H7B3O2S/c1-3(4(9)10)2-11-5(6,7)8/h3H,2H2,1H3,(H,9,10). The molecule has 2 nitrogen and oxygen atoms in total. The maximum Gasteiger partial charge on any atom is 0.307 e. The molecule has 0 fully saturated rings. The Morgan fingerprint density at radius 1 is 1.64 bits per heavy atom. The van der Waals surface area contributed by atoms with E-state index in [9.17, 15) is 4.79 Å². The average molecular weight is 164 g/mol. The zero-order valence-electron chi connectivity index (χ0n) is 6.28. The molecule has 0 aromatic heterocycles. The Morgan fingerprint density at radius 3 is 2.36 bits per heavy atom. The fraction of sp³-hybridized carbons (Fsp3) is 0.800. The molecular weight excluding hydrogens is 157 g/mol. The summed E-state index contributed by atoms with van der Waals surface area (Å²) in [6, 6.07) is 0. The van der Waals surface area contributed by atoms with Gasteiger partial charge in [0.05, 0.1) is 29.5 Å². The van der Waals surface area contributed by atoms with Crippen LogP contribution in [0.5, 0.6) is 0 Å². The van der Waals surface area contributed by atoms with Gasteiger partial charge >= 0.3 is 5.97 Å². The summed E-state index contributed by atoms with van der Waals surface area (Å²) in [6.45, 7) is 1.57. The fourth-order valence-corrected chi connectivity index (χ4v) is 1.02. The van der Waals surface area contributed by atoms with Crippen LogP contribution in [0.4, 0.5) is 0 Å². The van der Waals surface area contributed by atoms with Crippen molar-refractivity contribution in [2.75, 3.05) is 5.75 Å². The Labute approximate surface area is 74.7 Å². The van der Waals surface area contributed by atoms with Crippen LogP contribution in [0.3, 0.4) is 0 Å². The molecular formula is C5H7B3O2S. The van der Waals surface area contributed by atoms with Gasteiger partial charge in [-0.15, -0.1) is 0 Å². The number of carbonyl (C=O) groups is 1. The first-order chi connectivity index (χ1) is 4.83. The van der Waals surface area contributed by atoms with E-state index in [2.05, 4.69) is 0 Å². The number of carboxylic acid groups (broad SMARTS) is 1. The summed E-state index contributed by atoms with van der Waals surface area (Å²) in [5.41, 5.74) is 0. The van der Waals surface area contributed by atoms with Gasteiger partial charge in [-0.3, -0.25) is 4.79 Å². The van der Waals surface area contributed by atoms with Gasteiger partial charge in [0.15, 0.2) is 0 Å². The van der Waals surface area contributed by atoms with Gasteiger partial charge in [-0.25, -0.2) is 0 Å². The summed E-state index contributed by atoms with van der Waals surface area (Å²) in [4.78, 5) is 10.3. The Bertz CT molecular complexity index is 145. The van der Waals surface area contributed by atoms with E-state index < -0.39 is 16.3 Å². The molecule has 0 aromatic carbocycles. The quantitative estimate of drug-likeness (QED) is 0.571. The normalized spacial score (nSPS) is 14.3. The van der Waals surface area contributed by atoms with Crippen LogP contribution < -0.4 is 0 Å². The first-order valence-corrected chi connectivity index (χ1v) is 4.05. The highest BCUT2D eigenvalue weighted by Gasteiger charge is 2.15. The molecule has 0 aliphatic rings. The number of aliphatic carboxylic acids is 1. The van der Waals surface area contributed by atoms with Crippen molar-refractivity contribution >= 4 is 41.3 Å². The lowest BCUT2D eigenvalue weighted by Gasteiger charge is -2.20. The van der Waals surface area contributed by atoms with Crippen LogP contribution in [0.2, 0.25) is 0 Å². The van der Waals surface area contributed by atoms with E-state index in [1.807, 2.05) is 0 Å². The molecule has 1 N–H and O–H groups in total. The van der Waals surface area contributed by atoms with Crippen molar-refractivity contribution < 1.29 is 9.90 Å². The molecule has 0 saturated carbocycles. The molecule has 1 unspecified atom stereocenters. The lowest BCUT2D eigenvalue weighted by Crippen LogP contribution is -2.28. The average Bonchev–Trinajstić information content (AvgIpc) is 1.80. The summed E-state index contributed by atoms with van der Waals surface area (Å²) in [7, 11) is 15.6. The molecule has 0 bridgehead atoms. The largest absolute Gasteiger partial charge is 0.481 e. The van der Waals surface area contributed by atoms with Crippen LogP contribution in [0.1, 0.15) is 6.92 Å². The van der Waals surface area contributed by atoms with E-state index in [1.54, 1.807) is 6.92 Å². The van der Waals surface area contributed by atoms with E-state index in [0.717, 1.165) is 11.8 Å². The minimum absolute atomic E-state index is 0.318. The van der Waals surface area contributed by atoms with Gasteiger partial charge in [0.25, 0.3) is 0 Å². The molecule has 0 aliphatic heterocycles. The summed E-state index contributed by atoms with van der Waals surface area (Å²) in [5, 5.41) is 8.44. The zero-order chi connectivity index (χ0) is 9.07. The predicted octanol–water partition coefficient (Wildman–Crippen LogP) is -0.443. The lowest BCUT2D eigenvalue weighted by atomic mass is 9.56. The highest BCUT2D eigenvalue weighted by atomic mass is 32.2.